The molecular weight excluding hydrogens is 338 g/mol. The summed E-state index contributed by atoms with van der Waals surface area (Å²) in [5, 5.41) is 2.90. The summed E-state index contributed by atoms with van der Waals surface area (Å²) in [6, 6.07) is 14.1. The molecule has 2 rings (SSSR count). The van der Waals surface area contributed by atoms with E-state index in [1.165, 1.54) is 5.56 Å². The smallest absolute Gasteiger partial charge is 0.261 e. The highest BCUT2D eigenvalue weighted by atomic mass is 16.5. The number of amides is 1. The van der Waals surface area contributed by atoms with Crippen molar-refractivity contribution in [3.63, 3.8) is 0 Å². The first-order valence-electron chi connectivity index (χ1n) is 9.76. The molecule has 146 valence electrons. The zero-order chi connectivity index (χ0) is 19.6. The van der Waals surface area contributed by atoms with E-state index in [2.05, 4.69) is 24.4 Å². The molecule has 2 aromatic carbocycles. The Kier molecular flexibility index (Phi) is 8.18. The van der Waals surface area contributed by atoms with Gasteiger partial charge in [-0.1, -0.05) is 44.5 Å². The van der Waals surface area contributed by atoms with E-state index in [0.717, 1.165) is 35.5 Å². The molecule has 1 atom stereocenters. The van der Waals surface area contributed by atoms with E-state index in [9.17, 15) is 4.79 Å². The quantitative estimate of drug-likeness (QED) is 0.622. The maximum Gasteiger partial charge on any atom is 0.261 e. The molecule has 0 aliphatic heterocycles. The molecule has 4 heteroatoms. The van der Waals surface area contributed by atoms with Crippen LogP contribution >= 0.6 is 0 Å². The maximum atomic E-state index is 12.4. The first-order valence-corrected chi connectivity index (χ1v) is 9.76. The fraction of sp³-hybridized carbons (Fsp3) is 0.435. The Morgan fingerprint density at radius 2 is 1.81 bits per heavy atom. The number of hydrogen-bond acceptors (Lipinski definition) is 3. The standard InChI is InChI=1S/C23H31NO3/c1-5-7-19-10-12-20(13-11-19)26-15-14-24-23(25)21(6-2)27-22-16-17(3)8-9-18(22)4/h8-13,16,21H,5-7,14-15H2,1-4H3,(H,24,25). The van der Waals surface area contributed by atoms with E-state index in [1.807, 2.05) is 51.1 Å². The van der Waals surface area contributed by atoms with Gasteiger partial charge in [0.25, 0.3) is 5.91 Å². The van der Waals surface area contributed by atoms with Crippen LogP contribution in [0.25, 0.3) is 0 Å². The lowest BCUT2D eigenvalue weighted by atomic mass is 10.1. The lowest BCUT2D eigenvalue weighted by Gasteiger charge is -2.19. The largest absolute Gasteiger partial charge is 0.492 e. The van der Waals surface area contributed by atoms with Crippen LogP contribution in [0.1, 0.15) is 43.4 Å². The molecule has 0 spiro atoms. The third-order valence-corrected chi connectivity index (χ3v) is 4.41. The number of ether oxygens (including phenoxy) is 2. The molecule has 0 bridgehead atoms. The summed E-state index contributed by atoms with van der Waals surface area (Å²) < 4.78 is 11.6. The second-order valence-electron chi connectivity index (χ2n) is 6.82. The average Bonchev–Trinajstić information content (AvgIpc) is 2.67. The van der Waals surface area contributed by atoms with E-state index < -0.39 is 6.10 Å². The highest BCUT2D eigenvalue weighted by Gasteiger charge is 2.18. The van der Waals surface area contributed by atoms with Crippen molar-refractivity contribution >= 4 is 5.91 Å². The van der Waals surface area contributed by atoms with Crippen LogP contribution in [0.15, 0.2) is 42.5 Å². The summed E-state index contributed by atoms with van der Waals surface area (Å²) in [5.41, 5.74) is 3.46. The van der Waals surface area contributed by atoms with Gasteiger partial charge in [0, 0.05) is 0 Å². The number of aryl methyl sites for hydroxylation is 3. The number of carbonyl (C=O) groups is 1. The summed E-state index contributed by atoms with van der Waals surface area (Å²) in [7, 11) is 0. The van der Waals surface area contributed by atoms with Crippen LogP contribution in [-0.2, 0) is 11.2 Å². The zero-order valence-electron chi connectivity index (χ0n) is 16.9. The van der Waals surface area contributed by atoms with Crippen molar-refractivity contribution in [2.45, 2.75) is 53.1 Å². The fourth-order valence-corrected chi connectivity index (χ4v) is 2.81. The first-order chi connectivity index (χ1) is 13.0. The summed E-state index contributed by atoms with van der Waals surface area (Å²) in [6.07, 6.45) is 2.32. The van der Waals surface area contributed by atoms with Crippen molar-refractivity contribution in [2.75, 3.05) is 13.2 Å². The molecule has 0 aliphatic carbocycles. The van der Waals surface area contributed by atoms with Crippen LogP contribution in [0.4, 0.5) is 0 Å². The predicted octanol–water partition coefficient (Wildman–Crippen LogP) is 4.61. The van der Waals surface area contributed by atoms with Gasteiger partial charge in [0.2, 0.25) is 0 Å². The number of rotatable bonds is 10. The van der Waals surface area contributed by atoms with Gasteiger partial charge in [0.1, 0.15) is 18.1 Å². The van der Waals surface area contributed by atoms with E-state index in [4.69, 9.17) is 9.47 Å². The minimum absolute atomic E-state index is 0.111. The second-order valence-corrected chi connectivity index (χ2v) is 6.82. The van der Waals surface area contributed by atoms with Crippen molar-refractivity contribution in [1.29, 1.82) is 0 Å². The monoisotopic (exact) mass is 369 g/mol. The lowest BCUT2D eigenvalue weighted by Crippen LogP contribution is -2.39. The van der Waals surface area contributed by atoms with Gasteiger partial charge < -0.3 is 14.8 Å². The molecule has 0 aromatic heterocycles. The normalized spacial score (nSPS) is 11.7. The van der Waals surface area contributed by atoms with Gasteiger partial charge in [-0.15, -0.1) is 0 Å². The highest BCUT2D eigenvalue weighted by molar-refractivity contribution is 5.81. The van der Waals surface area contributed by atoms with Crippen molar-refractivity contribution in [2.24, 2.45) is 0 Å². The molecule has 4 nitrogen and oxygen atoms in total. The van der Waals surface area contributed by atoms with Crippen LogP contribution in [0.5, 0.6) is 11.5 Å². The number of hydrogen-bond donors (Lipinski definition) is 1. The molecule has 1 unspecified atom stereocenters. The van der Waals surface area contributed by atoms with Crippen molar-refractivity contribution < 1.29 is 14.3 Å². The fourth-order valence-electron chi connectivity index (χ4n) is 2.81. The third kappa shape index (κ3) is 6.63. The van der Waals surface area contributed by atoms with Crippen molar-refractivity contribution in [3.8, 4) is 11.5 Å². The van der Waals surface area contributed by atoms with Gasteiger partial charge in [0.05, 0.1) is 6.54 Å². The van der Waals surface area contributed by atoms with Crippen molar-refractivity contribution in [1.82, 2.24) is 5.32 Å². The summed E-state index contributed by atoms with van der Waals surface area (Å²) >= 11 is 0. The maximum absolute atomic E-state index is 12.4. The van der Waals surface area contributed by atoms with Crippen LogP contribution in [-0.4, -0.2) is 25.2 Å². The van der Waals surface area contributed by atoms with Gasteiger partial charge in [-0.25, -0.2) is 0 Å². The minimum Gasteiger partial charge on any atom is -0.492 e. The second kappa shape index (κ2) is 10.6. The molecule has 27 heavy (non-hydrogen) atoms. The molecule has 1 N–H and O–H groups in total. The Morgan fingerprint density at radius 3 is 2.48 bits per heavy atom. The summed E-state index contributed by atoms with van der Waals surface area (Å²) in [4.78, 5) is 12.4. The Balaban J connectivity index is 1.78. The Bertz CT molecular complexity index is 725. The van der Waals surface area contributed by atoms with Gasteiger partial charge >= 0.3 is 0 Å². The van der Waals surface area contributed by atoms with Gasteiger partial charge in [0.15, 0.2) is 6.10 Å². The van der Waals surface area contributed by atoms with Crippen molar-refractivity contribution in [3.05, 3.63) is 59.2 Å². The number of nitrogens with one attached hydrogen (secondary N) is 1. The predicted molar refractivity (Wildman–Crippen MR) is 110 cm³/mol. The Labute approximate surface area is 162 Å². The summed E-state index contributed by atoms with van der Waals surface area (Å²) in [5.74, 6) is 1.48. The highest BCUT2D eigenvalue weighted by Crippen LogP contribution is 2.21. The molecule has 0 saturated carbocycles. The molecular formula is C23H31NO3. The lowest BCUT2D eigenvalue weighted by molar-refractivity contribution is -0.128. The van der Waals surface area contributed by atoms with E-state index in [0.29, 0.717) is 19.6 Å². The zero-order valence-corrected chi connectivity index (χ0v) is 16.9. The molecule has 0 saturated heterocycles. The van der Waals surface area contributed by atoms with E-state index in [1.54, 1.807) is 0 Å². The van der Waals surface area contributed by atoms with Crippen LogP contribution in [0.3, 0.4) is 0 Å². The first kappa shape index (κ1) is 20.8. The van der Waals surface area contributed by atoms with Crippen LogP contribution < -0.4 is 14.8 Å². The van der Waals surface area contributed by atoms with Gasteiger partial charge in [-0.05, 0) is 61.6 Å². The topological polar surface area (TPSA) is 47.6 Å². The van der Waals surface area contributed by atoms with Gasteiger partial charge in [-0.2, -0.15) is 0 Å². The van der Waals surface area contributed by atoms with Crippen LogP contribution in [0, 0.1) is 13.8 Å². The van der Waals surface area contributed by atoms with E-state index in [-0.39, 0.29) is 5.91 Å². The minimum atomic E-state index is -0.501. The van der Waals surface area contributed by atoms with Gasteiger partial charge in [-0.3, -0.25) is 4.79 Å². The number of benzene rings is 2. The molecule has 1 amide bonds. The molecule has 0 fully saturated rings. The molecule has 0 heterocycles. The molecule has 0 radical (unpaired) electrons. The average molecular weight is 370 g/mol. The van der Waals surface area contributed by atoms with E-state index >= 15 is 0 Å². The summed E-state index contributed by atoms with van der Waals surface area (Å²) in [6.45, 7) is 8.99. The molecule has 0 aliphatic rings. The SMILES string of the molecule is CCCc1ccc(OCCNC(=O)C(CC)Oc2cc(C)ccc2C)cc1. The number of carbonyl (C=O) groups excluding carboxylic acids is 1. The Morgan fingerprint density at radius 1 is 1.07 bits per heavy atom. The Hall–Kier alpha value is -2.49. The van der Waals surface area contributed by atoms with Crippen LogP contribution in [0.2, 0.25) is 0 Å². The third-order valence-electron chi connectivity index (χ3n) is 4.41. The molecule has 2 aromatic rings.